The second-order valence-electron chi connectivity index (χ2n) is 9.20. The monoisotopic (exact) mass is 599 g/mol. The smallest absolute Gasteiger partial charge is 0.339 e. The number of carboxylic acids is 1. The van der Waals surface area contributed by atoms with E-state index in [1.54, 1.807) is 61.5 Å². The van der Waals surface area contributed by atoms with Gasteiger partial charge in [0.25, 0.3) is 11.8 Å². The molecule has 5 N–H and O–H groups in total. The number of carbonyl (C=O) groups excluding carboxylic acids is 3. The number of carboxylic acid groups (broad SMARTS) is 1. The van der Waals surface area contributed by atoms with Gasteiger partial charge in [-0.05, 0) is 79.2 Å². The fraction of sp³-hybridized carbons (Fsp3) is 0.0625. The molecule has 0 spiro atoms. The van der Waals surface area contributed by atoms with Crippen molar-refractivity contribution in [3.8, 4) is 5.75 Å². The molecule has 0 heterocycles. The van der Waals surface area contributed by atoms with Gasteiger partial charge in [0.1, 0.15) is 22.8 Å². The SMILES string of the molecule is CC(Sc1cccc(NC(=O)/C(=C/c2ccc(F)cc2)NC(=O)c2ccccc2)c1)C(=O)Nc1ccc(O)c(C(=O)O)c1. The van der Waals surface area contributed by atoms with Crippen molar-refractivity contribution < 1.29 is 33.8 Å². The van der Waals surface area contributed by atoms with Crippen LogP contribution in [0, 0.1) is 5.82 Å². The standard InChI is InChI=1S/C32H26FN3O6S/c1-19(29(38)34-24-14-15-28(37)26(18-24)32(41)42)43-25-9-5-8-23(17-25)35-31(40)27(16-20-10-12-22(33)13-11-20)36-30(39)21-6-3-2-4-7-21/h2-19,37H,1H3,(H,34,38)(H,35,40)(H,36,39)(H,41,42)/b27-16-. The molecule has 4 aromatic carbocycles. The second-order valence-corrected chi connectivity index (χ2v) is 10.6. The highest BCUT2D eigenvalue weighted by Crippen LogP contribution is 2.28. The van der Waals surface area contributed by atoms with Crippen molar-refractivity contribution in [3.05, 3.63) is 125 Å². The van der Waals surface area contributed by atoms with Crippen molar-refractivity contribution in [2.24, 2.45) is 0 Å². The van der Waals surface area contributed by atoms with Crippen molar-refractivity contribution in [1.82, 2.24) is 5.32 Å². The summed E-state index contributed by atoms with van der Waals surface area (Å²) in [5.74, 6) is -3.72. The van der Waals surface area contributed by atoms with Gasteiger partial charge in [-0.2, -0.15) is 0 Å². The van der Waals surface area contributed by atoms with Crippen LogP contribution < -0.4 is 16.0 Å². The topological polar surface area (TPSA) is 145 Å². The quantitative estimate of drug-likeness (QED) is 0.0886. The molecular weight excluding hydrogens is 573 g/mol. The zero-order valence-electron chi connectivity index (χ0n) is 22.7. The first-order valence-corrected chi connectivity index (χ1v) is 13.8. The Balaban J connectivity index is 1.47. The van der Waals surface area contributed by atoms with E-state index in [1.165, 1.54) is 54.2 Å². The van der Waals surface area contributed by atoms with Gasteiger partial charge in [-0.25, -0.2) is 9.18 Å². The first-order valence-electron chi connectivity index (χ1n) is 12.9. The van der Waals surface area contributed by atoms with Crippen LogP contribution in [0.2, 0.25) is 0 Å². The Kier molecular flexibility index (Phi) is 9.92. The largest absolute Gasteiger partial charge is 0.507 e. The van der Waals surface area contributed by atoms with Gasteiger partial charge in [0, 0.05) is 21.8 Å². The molecule has 218 valence electrons. The lowest BCUT2D eigenvalue weighted by molar-refractivity contribution is -0.115. The maximum Gasteiger partial charge on any atom is 0.339 e. The average Bonchev–Trinajstić information content (AvgIpc) is 2.99. The Morgan fingerprint density at radius 2 is 1.53 bits per heavy atom. The van der Waals surface area contributed by atoms with Crippen LogP contribution in [-0.4, -0.2) is 39.2 Å². The zero-order chi connectivity index (χ0) is 30.9. The summed E-state index contributed by atoms with van der Waals surface area (Å²) in [5.41, 5.74) is 1.04. The number of anilines is 2. The Bertz CT molecular complexity index is 1690. The molecule has 4 rings (SSSR count). The van der Waals surface area contributed by atoms with Gasteiger partial charge in [0.2, 0.25) is 5.91 Å². The molecule has 1 atom stereocenters. The van der Waals surface area contributed by atoms with Crippen LogP contribution in [0.4, 0.5) is 15.8 Å². The van der Waals surface area contributed by atoms with Crippen molar-refractivity contribution >= 4 is 52.9 Å². The van der Waals surface area contributed by atoms with Crippen LogP contribution in [0.3, 0.4) is 0 Å². The molecule has 0 radical (unpaired) electrons. The van der Waals surface area contributed by atoms with Crippen LogP contribution in [0.1, 0.15) is 33.2 Å². The molecule has 0 saturated heterocycles. The van der Waals surface area contributed by atoms with Gasteiger partial charge >= 0.3 is 5.97 Å². The predicted molar refractivity (Wildman–Crippen MR) is 162 cm³/mol. The number of aromatic carboxylic acids is 1. The predicted octanol–water partition coefficient (Wildman–Crippen LogP) is 5.76. The third-order valence-electron chi connectivity index (χ3n) is 5.98. The normalized spacial score (nSPS) is 11.7. The summed E-state index contributed by atoms with van der Waals surface area (Å²) in [6.45, 7) is 1.66. The van der Waals surface area contributed by atoms with E-state index in [-0.39, 0.29) is 16.9 Å². The second kappa shape index (κ2) is 14.0. The summed E-state index contributed by atoms with van der Waals surface area (Å²) in [6, 6.07) is 24.3. The maximum absolute atomic E-state index is 13.4. The average molecular weight is 600 g/mol. The molecular formula is C32H26FN3O6S. The minimum Gasteiger partial charge on any atom is -0.507 e. The number of aromatic hydroxyl groups is 1. The first kappa shape index (κ1) is 30.5. The molecule has 0 saturated carbocycles. The van der Waals surface area contributed by atoms with E-state index in [2.05, 4.69) is 16.0 Å². The highest BCUT2D eigenvalue weighted by Gasteiger charge is 2.18. The lowest BCUT2D eigenvalue weighted by Crippen LogP contribution is -2.30. The summed E-state index contributed by atoms with van der Waals surface area (Å²) in [5, 5.41) is 26.2. The fourth-order valence-electron chi connectivity index (χ4n) is 3.80. The Labute approximate surface area is 250 Å². The van der Waals surface area contributed by atoms with Gasteiger partial charge in [-0.3, -0.25) is 14.4 Å². The lowest BCUT2D eigenvalue weighted by Gasteiger charge is -2.14. The van der Waals surface area contributed by atoms with E-state index in [1.807, 2.05) is 0 Å². The molecule has 0 aliphatic rings. The minimum atomic E-state index is -1.33. The van der Waals surface area contributed by atoms with Gasteiger partial charge in [-0.15, -0.1) is 11.8 Å². The minimum absolute atomic E-state index is 0.0686. The van der Waals surface area contributed by atoms with Crippen molar-refractivity contribution in [1.29, 1.82) is 0 Å². The molecule has 3 amide bonds. The summed E-state index contributed by atoms with van der Waals surface area (Å²) in [4.78, 5) is 50.8. The number of hydrogen-bond acceptors (Lipinski definition) is 6. The molecule has 9 nitrogen and oxygen atoms in total. The van der Waals surface area contributed by atoms with Gasteiger partial charge in [0.15, 0.2) is 0 Å². The van der Waals surface area contributed by atoms with Gasteiger partial charge in [0.05, 0.1) is 5.25 Å². The number of rotatable bonds is 10. The van der Waals surface area contributed by atoms with Crippen molar-refractivity contribution in [2.45, 2.75) is 17.1 Å². The zero-order valence-corrected chi connectivity index (χ0v) is 23.5. The van der Waals surface area contributed by atoms with Crippen LogP contribution in [0.5, 0.6) is 5.75 Å². The van der Waals surface area contributed by atoms with E-state index >= 15 is 0 Å². The van der Waals surface area contributed by atoms with Crippen LogP contribution in [0.25, 0.3) is 6.08 Å². The van der Waals surface area contributed by atoms with Crippen LogP contribution in [0.15, 0.2) is 108 Å². The Hall–Kier alpha value is -5.42. The molecule has 1 unspecified atom stereocenters. The van der Waals surface area contributed by atoms with E-state index in [0.29, 0.717) is 21.7 Å². The van der Waals surface area contributed by atoms with Crippen molar-refractivity contribution in [3.63, 3.8) is 0 Å². The van der Waals surface area contributed by atoms with E-state index in [9.17, 15) is 33.8 Å². The lowest BCUT2D eigenvalue weighted by atomic mass is 10.1. The first-order chi connectivity index (χ1) is 20.6. The number of halogens is 1. The number of amides is 3. The maximum atomic E-state index is 13.4. The molecule has 43 heavy (non-hydrogen) atoms. The van der Waals surface area contributed by atoms with E-state index < -0.39 is 40.5 Å². The molecule has 4 aromatic rings. The summed E-state index contributed by atoms with van der Waals surface area (Å²) >= 11 is 1.20. The van der Waals surface area contributed by atoms with Crippen LogP contribution in [-0.2, 0) is 9.59 Å². The highest BCUT2D eigenvalue weighted by atomic mass is 32.2. The molecule has 0 bridgehead atoms. The molecule has 0 aliphatic carbocycles. The number of hydrogen-bond donors (Lipinski definition) is 5. The summed E-state index contributed by atoms with van der Waals surface area (Å²) in [6.07, 6.45) is 1.43. The van der Waals surface area contributed by atoms with Gasteiger partial charge in [-0.1, -0.05) is 36.4 Å². The van der Waals surface area contributed by atoms with Crippen molar-refractivity contribution in [2.75, 3.05) is 10.6 Å². The number of benzene rings is 4. The van der Waals surface area contributed by atoms with E-state index in [0.717, 1.165) is 6.07 Å². The van der Waals surface area contributed by atoms with Crippen LogP contribution >= 0.6 is 11.8 Å². The Morgan fingerprint density at radius 3 is 2.23 bits per heavy atom. The summed E-state index contributed by atoms with van der Waals surface area (Å²) < 4.78 is 13.4. The molecule has 0 fully saturated rings. The molecule has 0 aliphatic heterocycles. The number of nitrogens with one attached hydrogen (secondary N) is 3. The Morgan fingerprint density at radius 1 is 0.837 bits per heavy atom. The third-order valence-corrected chi connectivity index (χ3v) is 7.07. The molecule has 0 aromatic heterocycles. The molecule has 11 heteroatoms. The number of phenols is 1. The number of thioether (sulfide) groups is 1. The van der Waals surface area contributed by atoms with Gasteiger partial charge < -0.3 is 26.2 Å². The highest BCUT2D eigenvalue weighted by molar-refractivity contribution is 8.00. The number of carbonyl (C=O) groups is 4. The summed E-state index contributed by atoms with van der Waals surface area (Å²) in [7, 11) is 0. The van der Waals surface area contributed by atoms with E-state index in [4.69, 9.17) is 0 Å². The fourth-order valence-corrected chi connectivity index (χ4v) is 4.73. The third kappa shape index (κ3) is 8.54.